The molecule has 0 saturated carbocycles. The fourth-order valence-electron chi connectivity index (χ4n) is 9.72. The average molecular weight is 758 g/mol. The van der Waals surface area contributed by atoms with Crippen LogP contribution in [0.1, 0.15) is 22.3 Å². The van der Waals surface area contributed by atoms with Crippen molar-refractivity contribution in [2.45, 2.75) is 5.41 Å². The maximum atomic E-state index is 7.22. The maximum Gasteiger partial charge on any atom is 0.142 e. The second-order valence-electron chi connectivity index (χ2n) is 15.1. The molecule has 11 aromatic rings. The topological polar surface area (TPSA) is 16.4 Å². The Morgan fingerprint density at radius 2 is 1.02 bits per heavy atom. The van der Waals surface area contributed by atoms with Crippen LogP contribution in [0, 0.1) is 0 Å². The van der Waals surface area contributed by atoms with Crippen molar-refractivity contribution < 1.29 is 4.42 Å². The van der Waals surface area contributed by atoms with Crippen molar-refractivity contribution in [3.63, 3.8) is 0 Å². The quantitative estimate of drug-likeness (QED) is 0.168. The minimum atomic E-state index is -0.618. The molecule has 2 nitrogen and oxygen atoms in total. The Morgan fingerprint density at radius 3 is 1.78 bits per heavy atom. The molecule has 0 spiro atoms. The van der Waals surface area contributed by atoms with Gasteiger partial charge in [0.05, 0.1) is 26.9 Å². The van der Waals surface area contributed by atoms with Crippen LogP contribution in [0.2, 0.25) is 0 Å². The van der Waals surface area contributed by atoms with Crippen molar-refractivity contribution in [3.05, 3.63) is 235 Å². The molecule has 2 aromatic heterocycles. The van der Waals surface area contributed by atoms with Crippen LogP contribution in [0.25, 0.3) is 64.4 Å². The zero-order chi connectivity index (χ0) is 38.2. The number of furan rings is 1. The lowest BCUT2D eigenvalue weighted by atomic mass is 9.67. The normalized spacial score (nSPS) is 13.0. The zero-order valence-corrected chi connectivity index (χ0v) is 32.3. The Hall–Kier alpha value is -7.20. The number of nitrogens with zero attached hydrogens (tertiary/aromatic N) is 1. The van der Waals surface area contributed by atoms with Crippen LogP contribution in [0.4, 0.5) is 17.1 Å². The molecule has 0 unspecified atom stereocenters. The Balaban J connectivity index is 1.19. The Bertz CT molecular complexity index is 3300. The molecule has 0 amide bonds. The molecule has 0 fully saturated rings. The van der Waals surface area contributed by atoms with Crippen LogP contribution < -0.4 is 4.90 Å². The first-order valence-corrected chi connectivity index (χ1v) is 20.7. The van der Waals surface area contributed by atoms with Gasteiger partial charge in [-0.3, -0.25) is 0 Å². The lowest BCUT2D eigenvalue weighted by Crippen LogP contribution is -2.29. The monoisotopic (exact) mass is 757 g/mol. The maximum absolute atomic E-state index is 7.22. The van der Waals surface area contributed by atoms with Gasteiger partial charge < -0.3 is 9.32 Å². The van der Waals surface area contributed by atoms with Gasteiger partial charge in [-0.1, -0.05) is 176 Å². The molecule has 0 aliphatic heterocycles. The molecule has 0 bridgehead atoms. The van der Waals surface area contributed by atoms with E-state index < -0.39 is 5.41 Å². The first-order valence-electron chi connectivity index (χ1n) is 19.8. The number of para-hydroxylation sites is 1. The summed E-state index contributed by atoms with van der Waals surface area (Å²) in [5.41, 5.74) is 14.2. The largest absolute Gasteiger partial charge is 0.456 e. The summed E-state index contributed by atoms with van der Waals surface area (Å²) in [6.45, 7) is 0. The average Bonchev–Trinajstić information content (AvgIpc) is 3.97. The molecule has 9 aromatic carbocycles. The summed E-state index contributed by atoms with van der Waals surface area (Å²) in [6.07, 6.45) is 0. The minimum absolute atomic E-state index is 0.618. The summed E-state index contributed by atoms with van der Waals surface area (Å²) in [5.74, 6) is 0. The molecule has 0 N–H and O–H groups in total. The Morgan fingerprint density at radius 1 is 0.414 bits per heavy atom. The summed E-state index contributed by atoms with van der Waals surface area (Å²) < 4.78 is 9.75. The third-order valence-corrected chi connectivity index (χ3v) is 13.4. The summed E-state index contributed by atoms with van der Waals surface area (Å²) >= 11 is 1.86. The molecule has 12 rings (SSSR count). The van der Waals surface area contributed by atoms with Gasteiger partial charge in [0.25, 0.3) is 0 Å². The Kier molecular flexibility index (Phi) is 7.35. The molecular formula is C55H35NOS. The number of benzene rings is 9. The van der Waals surface area contributed by atoms with Crippen molar-refractivity contribution in [3.8, 4) is 22.3 Å². The van der Waals surface area contributed by atoms with E-state index in [1.54, 1.807) is 0 Å². The van der Waals surface area contributed by atoms with E-state index in [4.69, 9.17) is 4.42 Å². The van der Waals surface area contributed by atoms with Crippen molar-refractivity contribution >= 4 is 70.5 Å². The fraction of sp³-hybridized carbons (Fsp3) is 0.0182. The molecule has 0 atom stereocenters. The fourth-order valence-corrected chi connectivity index (χ4v) is 10.9. The SMILES string of the molecule is c1ccc(-c2ccc(N(c3cccc4c3sc3ccccc34)c3ccc(C4(c5ccccc5)c5ccccc5-c5ccccc54)c4oc5ccccc5c34)cc2)cc1. The second kappa shape index (κ2) is 12.9. The van der Waals surface area contributed by atoms with Crippen LogP contribution >= 0.6 is 11.3 Å². The predicted molar refractivity (Wildman–Crippen MR) is 244 cm³/mol. The van der Waals surface area contributed by atoms with E-state index in [0.717, 1.165) is 44.6 Å². The molecule has 272 valence electrons. The smallest absolute Gasteiger partial charge is 0.142 e. The number of hydrogen-bond donors (Lipinski definition) is 0. The predicted octanol–water partition coefficient (Wildman–Crippen LogP) is 15.5. The Labute approximate surface area is 340 Å². The van der Waals surface area contributed by atoms with Crippen LogP contribution in [-0.2, 0) is 5.41 Å². The van der Waals surface area contributed by atoms with Crippen LogP contribution in [0.5, 0.6) is 0 Å². The van der Waals surface area contributed by atoms with Crippen LogP contribution in [0.3, 0.4) is 0 Å². The minimum Gasteiger partial charge on any atom is -0.456 e. The van der Waals surface area contributed by atoms with E-state index in [2.05, 4.69) is 217 Å². The van der Waals surface area contributed by atoms with E-state index in [1.165, 1.54) is 59.1 Å². The second-order valence-corrected chi connectivity index (χ2v) is 16.2. The highest BCUT2D eigenvalue weighted by atomic mass is 32.1. The highest BCUT2D eigenvalue weighted by molar-refractivity contribution is 7.26. The molecule has 1 aliphatic rings. The molecule has 0 radical (unpaired) electrons. The number of anilines is 3. The van der Waals surface area contributed by atoms with E-state index in [0.29, 0.717) is 0 Å². The van der Waals surface area contributed by atoms with Crippen molar-refractivity contribution in [2.24, 2.45) is 0 Å². The van der Waals surface area contributed by atoms with Gasteiger partial charge in [0.1, 0.15) is 11.2 Å². The lowest BCUT2D eigenvalue weighted by Gasteiger charge is -2.34. The van der Waals surface area contributed by atoms with Gasteiger partial charge in [-0.15, -0.1) is 11.3 Å². The highest BCUT2D eigenvalue weighted by Crippen LogP contribution is 2.59. The summed E-state index contributed by atoms with van der Waals surface area (Å²) in [5, 5.41) is 4.72. The van der Waals surface area contributed by atoms with Gasteiger partial charge in [-0.25, -0.2) is 0 Å². The van der Waals surface area contributed by atoms with E-state index in [-0.39, 0.29) is 0 Å². The molecular weight excluding hydrogens is 723 g/mol. The van der Waals surface area contributed by atoms with E-state index in [1.807, 2.05) is 11.3 Å². The van der Waals surface area contributed by atoms with Gasteiger partial charge in [0.15, 0.2) is 0 Å². The van der Waals surface area contributed by atoms with Gasteiger partial charge in [-0.05, 0) is 75.3 Å². The third-order valence-electron chi connectivity index (χ3n) is 12.2. The van der Waals surface area contributed by atoms with Crippen molar-refractivity contribution in [2.75, 3.05) is 4.90 Å². The van der Waals surface area contributed by atoms with E-state index in [9.17, 15) is 0 Å². The molecule has 58 heavy (non-hydrogen) atoms. The van der Waals surface area contributed by atoms with Crippen LogP contribution in [0.15, 0.2) is 217 Å². The standard InChI is InChI=1S/C55H35NOS/c1-3-16-36(17-4-1)37-30-32-39(33-31-37)56(49-27-15-24-43-42-22-10-14-29-51(42)58-54(43)49)48-35-34-47(53-52(48)44-23-9-13-28-50(44)57-53)55(38-18-5-2-6-19-38)45-25-11-7-20-40(45)41-21-8-12-26-46(41)55/h1-35H. The van der Waals surface area contributed by atoms with Gasteiger partial charge in [0, 0.05) is 32.1 Å². The summed E-state index contributed by atoms with van der Waals surface area (Å²) in [7, 11) is 0. The number of hydrogen-bond acceptors (Lipinski definition) is 3. The van der Waals surface area contributed by atoms with Crippen molar-refractivity contribution in [1.29, 1.82) is 0 Å². The number of fused-ring (bicyclic) bond motifs is 9. The number of rotatable bonds is 6. The van der Waals surface area contributed by atoms with Gasteiger partial charge in [0.2, 0.25) is 0 Å². The number of thiophene rings is 1. The highest BCUT2D eigenvalue weighted by Gasteiger charge is 2.48. The third kappa shape index (κ3) is 4.71. The zero-order valence-electron chi connectivity index (χ0n) is 31.5. The first-order chi connectivity index (χ1) is 28.8. The summed E-state index contributed by atoms with van der Waals surface area (Å²) in [6, 6.07) is 77.3. The first kappa shape index (κ1) is 33.0. The molecule has 2 heterocycles. The van der Waals surface area contributed by atoms with Crippen molar-refractivity contribution in [1.82, 2.24) is 0 Å². The lowest BCUT2D eigenvalue weighted by molar-refractivity contribution is 0.648. The van der Waals surface area contributed by atoms with E-state index >= 15 is 0 Å². The van der Waals surface area contributed by atoms with Gasteiger partial charge in [-0.2, -0.15) is 0 Å². The molecule has 0 saturated heterocycles. The van der Waals surface area contributed by atoms with Gasteiger partial charge >= 0.3 is 0 Å². The summed E-state index contributed by atoms with van der Waals surface area (Å²) in [4.78, 5) is 2.46. The molecule has 3 heteroatoms. The van der Waals surface area contributed by atoms with Crippen LogP contribution in [-0.4, -0.2) is 0 Å². The molecule has 1 aliphatic carbocycles.